The molecule has 108 valence electrons. The maximum absolute atomic E-state index is 5.68. The molecular formula is C16H27NO2. The van der Waals surface area contributed by atoms with Crippen LogP contribution >= 0.6 is 0 Å². The number of hydrogen-bond acceptors (Lipinski definition) is 3. The van der Waals surface area contributed by atoms with Gasteiger partial charge in [-0.15, -0.1) is 0 Å². The lowest BCUT2D eigenvalue weighted by molar-refractivity contribution is 0.0699. The van der Waals surface area contributed by atoms with Crippen LogP contribution in [-0.2, 0) is 4.74 Å². The van der Waals surface area contributed by atoms with Crippen LogP contribution in [0.3, 0.4) is 0 Å². The van der Waals surface area contributed by atoms with Crippen molar-refractivity contribution in [3.63, 3.8) is 0 Å². The van der Waals surface area contributed by atoms with Crippen molar-refractivity contribution in [2.45, 2.75) is 39.5 Å². The summed E-state index contributed by atoms with van der Waals surface area (Å²) in [7, 11) is 0. The van der Waals surface area contributed by atoms with E-state index in [0.29, 0.717) is 19.1 Å². The van der Waals surface area contributed by atoms with E-state index in [-0.39, 0.29) is 0 Å². The molecule has 0 radical (unpaired) electrons. The highest BCUT2D eigenvalue weighted by Crippen LogP contribution is 2.14. The van der Waals surface area contributed by atoms with Gasteiger partial charge in [0.25, 0.3) is 0 Å². The Kier molecular flexibility index (Phi) is 8.07. The highest BCUT2D eigenvalue weighted by Gasteiger charge is 2.05. The molecule has 0 heterocycles. The second kappa shape index (κ2) is 9.68. The summed E-state index contributed by atoms with van der Waals surface area (Å²) in [6, 6.07) is 7.44. The highest BCUT2D eigenvalue weighted by molar-refractivity contribution is 5.41. The van der Waals surface area contributed by atoms with Gasteiger partial charge in [-0.25, -0.2) is 0 Å². The molecule has 0 aliphatic carbocycles. The van der Waals surface area contributed by atoms with Gasteiger partial charge in [0.15, 0.2) is 0 Å². The smallest absolute Gasteiger partial charge is 0.119 e. The summed E-state index contributed by atoms with van der Waals surface area (Å²) < 4.78 is 11.3. The first-order valence-electron chi connectivity index (χ1n) is 7.32. The molecule has 0 bridgehead atoms. The van der Waals surface area contributed by atoms with Crippen molar-refractivity contribution < 1.29 is 9.47 Å². The summed E-state index contributed by atoms with van der Waals surface area (Å²) in [6.45, 7) is 6.55. The molecule has 0 aliphatic heterocycles. The standard InChI is InChI=1S/C16H27NO2/c1-3-5-6-14(4-2)13-18-11-12-19-16-9-7-15(17)8-10-16/h7-10,14H,3-6,11-13,17H2,1-2H3. The van der Waals surface area contributed by atoms with Crippen LogP contribution < -0.4 is 10.5 Å². The fourth-order valence-electron chi connectivity index (χ4n) is 1.93. The van der Waals surface area contributed by atoms with Gasteiger partial charge in [0, 0.05) is 12.3 Å². The highest BCUT2D eigenvalue weighted by atomic mass is 16.5. The van der Waals surface area contributed by atoms with E-state index >= 15 is 0 Å². The first-order valence-corrected chi connectivity index (χ1v) is 7.32. The number of benzene rings is 1. The third kappa shape index (κ3) is 7.06. The van der Waals surface area contributed by atoms with E-state index < -0.39 is 0 Å². The van der Waals surface area contributed by atoms with Gasteiger partial charge in [0.05, 0.1) is 6.61 Å². The largest absolute Gasteiger partial charge is 0.491 e. The monoisotopic (exact) mass is 265 g/mol. The maximum atomic E-state index is 5.68. The topological polar surface area (TPSA) is 44.5 Å². The Morgan fingerprint density at radius 3 is 2.47 bits per heavy atom. The molecule has 0 amide bonds. The fourth-order valence-corrected chi connectivity index (χ4v) is 1.93. The van der Waals surface area contributed by atoms with Crippen molar-refractivity contribution in [1.82, 2.24) is 0 Å². The van der Waals surface area contributed by atoms with Gasteiger partial charge >= 0.3 is 0 Å². The Bertz CT molecular complexity index is 324. The van der Waals surface area contributed by atoms with E-state index in [1.54, 1.807) is 0 Å². The number of anilines is 1. The summed E-state index contributed by atoms with van der Waals surface area (Å²) in [5, 5.41) is 0. The molecule has 0 aromatic heterocycles. The molecule has 19 heavy (non-hydrogen) atoms. The van der Waals surface area contributed by atoms with E-state index in [1.165, 1.54) is 25.7 Å². The zero-order chi connectivity index (χ0) is 13.9. The van der Waals surface area contributed by atoms with Crippen LogP contribution in [0.1, 0.15) is 39.5 Å². The van der Waals surface area contributed by atoms with Crippen LogP contribution in [0.5, 0.6) is 5.75 Å². The minimum atomic E-state index is 0.591. The molecule has 0 fully saturated rings. The second-order valence-corrected chi connectivity index (χ2v) is 4.91. The summed E-state index contributed by atoms with van der Waals surface area (Å²) >= 11 is 0. The minimum Gasteiger partial charge on any atom is -0.491 e. The van der Waals surface area contributed by atoms with E-state index in [9.17, 15) is 0 Å². The van der Waals surface area contributed by atoms with Crippen molar-refractivity contribution in [3.05, 3.63) is 24.3 Å². The van der Waals surface area contributed by atoms with E-state index in [4.69, 9.17) is 15.2 Å². The molecule has 1 unspecified atom stereocenters. The van der Waals surface area contributed by atoms with Crippen LogP contribution in [0, 0.1) is 5.92 Å². The number of nitrogen functional groups attached to an aromatic ring is 1. The average Bonchev–Trinajstić information content (AvgIpc) is 2.44. The molecule has 1 atom stereocenters. The first-order chi connectivity index (χ1) is 9.26. The van der Waals surface area contributed by atoms with Gasteiger partial charge in [-0.1, -0.05) is 33.1 Å². The summed E-state index contributed by atoms with van der Waals surface area (Å²) in [5.74, 6) is 1.53. The number of hydrogen-bond donors (Lipinski definition) is 1. The lowest BCUT2D eigenvalue weighted by atomic mass is 10.0. The maximum Gasteiger partial charge on any atom is 0.119 e. The summed E-state index contributed by atoms with van der Waals surface area (Å²) in [5.41, 5.74) is 6.37. The number of rotatable bonds is 10. The Balaban J connectivity index is 2.08. The minimum absolute atomic E-state index is 0.591. The molecule has 3 nitrogen and oxygen atoms in total. The number of nitrogens with two attached hydrogens (primary N) is 1. The van der Waals surface area contributed by atoms with Gasteiger partial charge < -0.3 is 15.2 Å². The molecule has 0 saturated heterocycles. The lowest BCUT2D eigenvalue weighted by Gasteiger charge is -2.14. The molecule has 0 aliphatic rings. The molecule has 0 saturated carbocycles. The van der Waals surface area contributed by atoms with Gasteiger partial charge in [0.2, 0.25) is 0 Å². The quantitative estimate of drug-likeness (QED) is 0.516. The van der Waals surface area contributed by atoms with Crippen LogP contribution in [0.2, 0.25) is 0 Å². The van der Waals surface area contributed by atoms with Gasteiger partial charge in [0.1, 0.15) is 12.4 Å². The SMILES string of the molecule is CCCCC(CC)COCCOc1ccc(N)cc1. The summed E-state index contributed by atoms with van der Waals surface area (Å²) in [6.07, 6.45) is 5.02. The molecule has 3 heteroatoms. The Morgan fingerprint density at radius 1 is 1.11 bits per heavy atom. The molecule has 0 spiro atoms. The van der Waals surface area contributed by atoms with Crippen molar-refractivity contribution in [3.8, 4) is 5.75 Å². The van der Waals surface area contributed by atoms with Crippen molar-refractivity contribution in [1.29, 1.82) is 0 Å². The fraction of sp³-hybridized carbons (Fsp3) is 0.625. The number of ether oxygens (including phenoxy) is 2. The van der Waals surface area contributed by atoms with Crippen molar-refractivity contribution in [2.75, 3.05) is 25.6 Å². The van der Waals surface area contributed by atoms with Crippen LogP contribution in [0.4, 0.5) is 5.69 Å². The van der Waals surface area contributed by atoms with Crippen molar-refractivity contribution in [2.24, 2.45) is 5.92 Å². The molecule has 1 aromatic carbocycles. The van der Waals surface area contributed by atoms with E-state index in [2.05, 4.69) is 13.8 Å². The second-order valence-electron chi connectivity index (χ2n) is 4.91. The van der Waals surface area contributed by atoms with Gasteiger partial charge in [-0.05, 0) is 36.6 Å². The zero-order valence-corrected chi connectivity index (χ0v) is 12.2. The summed E-state index contributed by atoms with van der Waals surface area (Å²) in [4.78, 5) is 0. The normalized spacial score (nSPS) is 12.3. The predicted octanol–water partition coefficient (Wildman–Crippen LogP) is 3.88. The van der Waals surface area contributed by atoms with Crippen LogP contribution in [0.15, 0.2) is 24.3 Å². The predicted molar refractivity (Wildman–Crippen MR) is 80.5 cm³/mol. The Hall–Kier alpha value is -1.22. The molecular weight excluding hydrogens is 238 g/mol. The Morgan fingerprint density at radius 2 is 1.84 bits per heavy atom. The number of unbranched alkanes of at least 4 members (excludes halogenated alkanes) is 1. The molecule has 1 rings (SSSR count). The van der Waals surface area contributed by atoms with Gasteiger partial charge in [-0.3, -0.25) is 0 Å². The third-order valence-corrected chi connectivity index (χ3v) is 3.27. The van der Waals surface area contributed by atoms with Crippen molar-refractivity contribution >= 4 is 5.69 Å². The molecule has 1 aromatic rings. The van der Waals surface area contributed by atoms with Gasteiger partial charge in [-0.2, -0.15) is 0 Å². The Labute approximate surface area is 117 Å². The molecule has 2 N–H and O–H groups in total. The van der Waals surface area contributed by atoms with Crippen LogP contribution in [-0.4, -0.2) is 19.8 Å². The van der Waals surface area contributed by atoms with E-state index in [0.717, 1.165) is 18.0 Å². The van der Waals surface area contributed by atoms with Crippen LogP contribution in [0.25, 0.3) is 0 Å². The first kappa shape index (κ1) is 15.8. The van der Waals surface area contributed by atoms with E-state index in [1.807, 2.05) is 24.3 Å². The average molecular weight is 265 g/mol. The third-order valence-electron chi connectivity index (χ3n) is 3.27. The lowest BCUT2D eigenvalue weighted by Crippen LogP contribution is -2.13. The zero-order valence-electron chi connectivity index (χ0n) is 12.2.